The highest BCUT2D eigenvalue weighted by Crippen LogP contribution is 2.49. The predicted molar refractivity (Wildman–Crippen MR) is 98.6 cm³/mol. The smallest absolute Gasteiger partial charge is 0.144 e. The van der Waals surface area contributed by atoms with Crippen LogP contribution in [0.2, 0.25) is 0 Å². The average molecular weight is 387 g/mol. The Kier molecular flexibility index (Phi) is 4.91. The summed E-state index contributed by atoms with van der Waals surface area (Å²) >= 11 is 0. The van der Waals surface area contributed by atoms with Crippen LogP contribution in [-0.2, 0) is 6.42 Å². The Morgan fingerprint density at radius 3 is 2.36 bits per heavy atom. The van der Waals surface area contributed by atoms with Crippen LogP contribution >= 0.6 is 0 Å². The maximum Gasteiger partial charge on any atom is 0.144 e. The highest BCUT2D eigenvalue weighted by molar-refractivity contribution is 5.68. The Morgan fingerprint density at radius 2 is 1.71 bits per heavy atom. The fourth-order valence-corrected chi connectivity index (χ4v) is 5.14. The standard InChI is InChI=1S/C23H21F4N/c1-2-12-3-5-15-13(7-12)4-6-16-17(15)10-21(26)22(23(16)27)14-8-19(24)18(11-28)20(25)9-14/h8-10,12-13,15H,2-7H2,1H3. The van der Waals surface area contributed by atoms with Crippen molar-refractivity contribution in [1.82, 2.24) is 0 Å². The maximum absolute atomic E-state index is 15.3. The first-order valence-electron chi connectivity index (χ1n) is 9.84. The lowest BCUT2D eigenvalue weighted by Gasteiger charge is -2.40. The molecule has 2 aliphatic carbocycles. The number of hydrogen-bond acceptors (Lipinski definition) is 1. The molecular weight excluding hydrogens is 366 g/mol. The van der Waals surface area contributed by atoms with E-state index in [1.54, 1.807) is 0 Å². The van der Waals surface area contributed by atoms with Crippen molar-refractivity contribution in [2.75, 3.05) is 0 Å². The van der Waals surface area contributed by atoms with Gasteiger partial charge in [0.25, 0.3) is 0 Å². The van der Waals surface area contributed by atoms with Gasteiger partial charge in [0.1, 0.15) is 34.9 Å². The van der Waals surface area contributed by atoms with Gasteiger partial charge in [-0.05, 0) is 84.7 Å². The summed E-state index contributed by atoms with van der Waals surface area (Å²) in [5, 5.41) is 8.80. The zero-order chi connectivity index (χ0) is 20.0. The normalized spacial score (nSPS) is 23.6. The van der Waals surface area contributed by atoms with E-state index in [-0.39, 0.29) is 11.5 Å². The Balaban J connectivity index is 1.79. The van der Waals surface area contributed by atoms with E-state index in [0.29, 0.717) is 23.8 Å². The van der Waals surface area contributed by atoms with Crippen LogP contribution in [0.3, 0.4) is 0 Å². The van der Waals surface area contributed by atoms with E-state index < -0.39 is 34.4 Å². The molecule has 0 bridgehead atoms. The van der Waals surface area contributed by atoms with Gasteiger partial charge in [0, 0.05) is 0 Å². The second-order valence-corrected chi connectivity index (χ2v) is 8.03. The maximum atomic E-state index is 15.3. The van der Waals surface area contributed by atoms with E-state index in [2.05, 4.69) is 6.92 Å². The molecule has 0 spiro atoms. The van der Waals surface area contributed by atoms with E-state index in [9.17, 15) is 13.2 Å². The van der Waals surface area contributed by atoms with E-state index in [0.717, 1.165) is 49.8 Å². The van der Waals surface area contributed by atoms with Crippen molar-refractivity contribution in [2.24, 2.45) is 11.8 Å². The van der Waals surface area contributed by atoms with Gasteiger partial charge in [-0.25, -0.2) is 17.6 Å². The number of rotatable bonds is 2. The van der Waals surface area contributed by atoms with Crippen molar-refractivity contribution in [2.45, 2.75) is 51.4 Å². The zero-order valence-electron chi connectivity index (χ0n) is 15.7. The summed E-state index contributed by atoms with van der Waals surface area (Å²) in [5.74, 6) is -2.49. The van der Waals surface area contributed by atoms with Crippen LogP contribution in [-0.4, -0.2) is 0 Å². The molecule has 0 radical (unpaired) electrons. The molecule has 0 N–H and O–H groups in total. The summed E-state index contributed by atoms with van der Waals surface area (Å²) in [4.78, 5) is 0. The molecule has 4 rings (SSSR count). The van der Waals surface area contributed by atoms with Crippen LogP contribution in [0.4, 0.5) is 17.6 Å². The van der Waals surface area contributed by atoms with Gasteiger partial charge in [0.15, 0.2) is 0 Å². The van der Waals surface area contributed by atoms with E-state index >= 15 is 4.39 Å². The number of fused-ring (bicyclic) bond motifs is 3. The molecule has 0 amide bonds. The number of halogens is 4. The second kappa shape index (κ2) is 7.24. The Labute approximate surface area is 162 Å². The molecule has 2 aromatic rings. The molecular formula is C23H21F4N. The SMILES string of the molecule is CCC1CCC2c3cc(F)c(-c4cc(F)c(C#N)c(F)c4)c(F)c3CCC2C1. The van der Waals surface area contributed by atoms with Crippen LogP contribution in [0.5, 0.6) is 0 Å². The summed E-state index contributed by atoms with van der Waals surface area (Å²) in [6.45, 7) is 2.18. The molecule has 0 aromatic heterocycles. The Bertz CT molecular complexity index is 953. The Hall–Kier alpha value is -2.35. The molecule has 28 heavy (non-hydrogen) atoms. The number of benzene rings is 2. The summed E-state index contributed by atoms with van der Waals surface area (Å²) in [6.07, 6.45) is 5.58. The fraction of sp³-hybridized carbons (Fsp3) is 0.435. The first-order chi connectivity index (χ1) is 13.4. The second-order valence-electron chi connectivity index (χ2n) is 8.03. The van der Waals surface area contributed by atoms with Crippen LogP contribution in [0.1, 0.15) is 61.6 Å². The number of hydrogen-bond donors (Lipinski definition) is 0. The molecule has 1 nitrogen and oxygen atoms in total. The molecule has 0 saturated heterocycles. The molecule has 0 aliphatic heterocycles. The molecule has 0 heterocycles. The molecule has 146 valence electrons. The van der Waals surface area contributed by atoms with Crippen LogP contribution in [0.15, 0.2) is 18.2 Å². The van der Waals surface area contributed by atoms with E-state index in [1.807, 2.05) is 0 Å². The quantitative estimate of drug-likeness (QED) is 0.530. The van der Waals surface area contributed by atoms with Crippen molar-refractivity contribution >= 4 is 0 Å². The van der Waals surface area contributed by atoms with E-state index in [4.69, 9.17) is 5.26 Å². The largest absolute Gasteiger partial charge is 0.206 e. The van der Waals surface area contributed by atoms with Crippen molar-refractivity contribution in [3.63, 3.8) is 0 Å². The van der Waals surface area contributed by atoms with Gasteiger partial charge in [-0.15, -0.1) is 0 Å². The van der Waals surface area contributed by atoms with Gasteiger partial charge in [0.05, 0.1) is 5.56 Å². The zero-order valence-corrected chi connectivity index (χ0v) is 15.7. The fourth-order valence-electron chi connectivity index (χ4n) is 5.14. The minimum Gasteiger partial charge on any atom is -0.206 e. The monoisotopic (exact) mass is 387 g/mol. The van der Waals surface area contributed by atoms with Crippen molar-refractivity contribution < 1.29 is 17.6 Å². The number of nitriles is 1. The molecule has 2 aromatic carbocycles. The van der Waals surface area contributed by atoms with Crippen molar-refractivity contribution in [1.29, 1.82) is 5.26 Å². The minimum atomic E-state index is -1.12. The predicted octanol–water partition coefficient (Wildman–Crippen LogP) is 6.64. The van der Waals surface area contributed by atoms with Gasteiger partial charge in [-0.2, -0.15) is 5.26 Å². The van der Waals surface area contributed by atoms with Crippen molar-refractivity contribution in [3.05, 3.63) is 58.2 Å². The van der Waals surface area contributed by atoms with E-state index in [1.165, 1.54) is 12.1 Å². The summed E-state index contributed by atoms with van der Waals surface area (Å²) < 4.78 is 58.2. The lowest BCUT2D eigenvalue weighted by atomic mass is 9.64. The van der Waals surface area contributed by atoms with Gasteiger partial charge >= 0.3 is 0 Å². The lowest BCUT2D eigenvalue weighted by molar-refractivity contribution is 0.204. The van der Waals surface area contributed by atoms with Gasteiger partial charge in [0.2, 0.25) is 0 Å². The van der Waals surface area contributed by atoms with Crippen LogP contribution < -0.4 is 0 Å². The highest BCUT2D eigenvalue weighted by atomic mass is 19.1. The summed E-state index contributed by atoms with van der Waals surface area (Å²) in [5.41, 5.74) is -0.194. The molecule has 3 atom stereocenters. The third kappa shape index (κ3) is 2.99. The van der Waals surface area contributed by atoms with Crippen LogP contribution in [0.25, 0.3) is 11.1 Å². The Morgan fingerprint density at radius 1 is 1.00 bits per heavy atom. The summed E-state index contributed by atoms with van der Waals surface area (Å²) in [7, 11) is 0. The highest BCUT2D eigenvalue weighted by Gasteiger charge is 2.37. The average Bonchev–Trinajstić information content (AvgIpc) is 2.67. The van der Waals surface area contributed by atoms with Crippen LogP contribution in [0, 0.1) is 46.4 Å². The summed E-state index contributed by atoms with van der Waals surface area (Å²) in [6, 6.07) is 4.44. The first-order valence-corrected chi connectivity index (χ1v) is 9.84. The molecule has 1 fully saturated rings. The molecule has 1 saturated carbocycles. The molecule has 3 unspecified atom stereocenters. The number of nitrogens with zero attached hydrogens (tertiary/aromatic N) is 1. The van der Waals surface area contributed by atoms with Crippen molar-refractivity contribution in [3.8, 4) is 17.2 Å². The molecule has 5 heteroatoms. The minimum absolute atomic E-state index is 0.152. The third-order valence-corrected chi connectivity index (χ3v) is 6.63. The van der Waals surface area contributed by atoms with Gasteiger partial charge < -0.3 is 0 Å². The first kappa shape index (κ1) is 19.0. The topological polar surface area (TPSA) is 23.8 Å². The third-order valence-electron chi connectivity index (χ3n) is 6.63. The van der Waals surface area contributed by atoms with Gasteiger partial charge in [-0.3, -0.25) is 0 Å². The van der Waals surface area contributed by atoms with Gasteiger partial charge in [-0.1, -0.05) is 13.3 Å². The molecule has 2 aliphatic rings. The lowest BCUT2D eigenvalue weighted by Crippen LogP contribution is -2.28.